The number of benzene rings is 1. The van der Waals surface area contributed by atoms with Crippen LogP contribution in [0.4, 0.5) is 5.69 Å². The Labute approximate surface area is 123 Å². The number of hydrogen-bond donors (Lipinski definition) is 1. The molecule has 6 heteroatoms. The monoisotopic (exact) mass is 292 g/mol. The normalized spacial score (nSPS) is 15.6. The Hall–Kier alpha value is -2.24. The van der Waals surface area contributed by atoms with Gasteiger partial charge in [0.1, 0.15) is 5.75 Å². The average Bonchev–Trinajstić information content (AvgIpc) is 3.00. The third-order valence-electron chi connectivity index (χ3n) is 3.31. The number of nitrogen functional groups attached to an aromatic ring is 1. The highest BCUT2D eigenvalue weighted by Gasteiger charge is 2.25. The Kier molecular flexibility index (Phi) is 5.03. The molecule has 1 aromatic rings. The van der Waals surface area contributed by atoms with Crippen LogP contribution in [0.15, 0.2) is 24.3 Å². The van der Waals surface area contributed by atoms with Gasteiger partial charge in [-0.05, 0) is 44.0 Å². The molecule has 0 spiro atoms. The molecule has 1 aromatic carbocycles. The van der Waals surface area contributed by atoms with Crippen molar-refractivity contribution in [2.24, 2.45) is 0 Å². The van der Waals surface area contributed by atoms with Gasteiger partial charge in [0.25, 0.3) is 5.91 Å². The number of likely N-dealkylation sites (tertiary alicyclic amines) is 1. The van der Waals surface area contributed by atoms with Crippen molar-refractivity contribution in [2.45, 2.75) is 25.9 Å². The van der Waals surface area contributed by atoms with E-state index in [4.69, 9.17) is 15.2 Å². The second-order valence-electron chi connectivity index (χ2n) is 5.02. The lowest BCUT2D eigenvalue weighted by molar-refractivity contribution is -0.160. The number of esters is 1. The Morgan fingerprint density at radius 1 is 1.24 bits per heavy atom. The molecule has 6 nitrogen and oxygen atoms in total. The van der Waals surface area contributed by atoms with Crippen molar-refractivity contribution in [1.29, 1.82) is 0 Å². The van der Waals surface area contributed by atoms with Crippen molar-refractivity contribution in [3.63, 3.8) is 0 Å². The smallest absolute Gasteiger partial charge is 0.344 e. The van der Waals surface area contributed by atoms with Crippen LogP contribution >= 0.6 is 0 Å². The maximum absolute atomic E-state index is 12.0. The minimum absolute atomic E-state index is 0.145. The largest absolute Gasteiger partial charge is 0.482 e. The van der Waals surface area contributed by atoms with E-state index in [1.165, 1.54) is 0 Å². The Balaban J connectivity index is 1.75. The lowest BCUT2D eigenvalue weighted by Gasteiger charge is -2.20. The van der Waals surface area contributed by atoms with Crippen LogP contribution < -0.4 is 10.5 Å². The first-order valence-corrected chi connectivity index (χ1v) is 7.03. The van der Waals surface area contributed by atoms with Gasteiger partial charge >= 0.3 is 5.97 Å². The van der Waals surface area contributed by atoms with Crippen molar-refractivity contribution in [3.05, 3.63) is 24.3 Å². The lowest BCUT2D eigenvalue weighted by Crippen LogP contribution is -2.38. The Bertz CT molecular complexity index is 495. The number of ether oxygens (including phenoxy) is 2. The molecule has 1 aliphatic rings. The van der Waals surface area contributed by atoms with E-state index in [1.54, 1.807) is 36.1 Å². The van der Waals surface area contributed by atoms with Crippen LogP contribution in [0.5, 0.6) is 5.75 Å². The third kappa shape index (κ3) is 4.37. The first-order chi connectivity index (χ1) is 10.1. The van der Waals surface area contributed by atoms with Crippen LogP contribution in [-0.4, -0.2) is 42.6 Å². The molecule has 1 unspecified atom stereocenters. The van der Waals surface area contributed by atoms with Crippen molar-refractivity contribution in [3.8, 4) is 5.75 Å². The molecule has 114 valence electrons. The Morgan fingerprint density at radius 3 is 2.48 bits per heavy atom. The number of carbonyl (C=O) groups is 2. The molecule has 21 heavy (non-hydrogen) atoms. The van der Waals surface area contributed by atoms with E-state index in [2.05, 4.69) is 0 Å². The molecule has 0 aromatic heterocycles. The minimum atomic E-state index is -0.773. The van der Waals surface area contributed by atoms with Crippen molar-refractivity contribution < 1.29 is 19.1 Å². The molecule has 0 saturated carbocycles. The van der Waals surface area contributed by atoms with Crippen LogP contribution in [0, 0.1) is 0 Å². The van der Waals surface area contributed by atoms with E-state index in [-0.39, 0.29) is 12.5 Å². The van der Waals surface area contributed by atoms with E-state index in [1.807, 2.05) is 0 Å². The maximum Gasteiger partial charge on any atom is 0.344 e. The number of carbonyl (C=O) groups excluding carboxylic acids is 2. The van der Waals surface area contributed by atoms with Crippen molar-refractivity contribution in [2.75, 3.05) is 25.4 Å². The summed E-state index contributed by atoms with van der Waals surface area (Å²) in [6.45, 7) is 2.83. The molecule has 2 rings (SSSR count). The molecule has 0 aliphatic carbocycles. The summed E-state index contributed by atoms with van der Waals surface area (Å²) < 4.78 is 10.4. The van der Waals surface area contributed by atoms with Gasteiger partial charge in [0.15, 0.2) is 12.7 Å². The predicted molar refractivity (Wildman–Crippen MR) is 77.7 cm³/mol. The van der Waals surface area contributed by atoms with Crippen molar-refractivity contribution in [1.82, 2.24) is 4.90 Å². The van der Waals surface area contributed by atoms with Gasteiger partial charge in [0.05, 0.1) is 0 Å². The number of rotatable bonds is 5. The second-order valence-corrected chi connectivity index (χ2v) is 5.02. The summed E-state index contributed by atoms with van der Waals surface area (Å²) in [6, 6.07) is 6.70. The number of nitrogens with two attached hydrogens (primary N) is 1. The molecule has 1 fully saturated rings. The van der Waals surface area contributed by atoms with Gasteiger partial charge in [-0.3, -0.25) is 4.79 Å². The molecule has 1 saturated heterocycles. The third-order valence-corrected chi connectivity index (χ3v) is 3.31. The minimum Gasteiger partial charge on any atom is -0.482 e. The summed E-state index contributed by atoms with van der Waals surface area (Å²) >= 11 is 0. The van der Waals surface area contributed by atoms with Crippen LogP contribution in [0.25, 0.3) is 0 Å². The molecule has 1 atom stereocenters. The zero-order valence-electron chi connectivity index (χ0n) is 12.1. The molecular weight excluding hydrogens is 272 g/mol. The van der Waals surface area contributed by atoms with Crippen LogP contribution in [0.3, 0.4) is 0 Å². The molecular formula is C15H20N2O4. The molecule has 1 amide bonds. The van der Waals surface area contributed by atoms with Crippen LogP contribution in [0.2, 0.25) is 0 Å². The first kappa shape index (κ1) is 15.2. The molecule has 0 radical (unpaired) electrons. The summed E-state index contributed by atoms with van der Waals surface area (Å²) in [6.07, 6.45) is 1.24. The van der Waals surface area contributed by atoms with Crippen LogP contribution in [-0.2, 0) is 14.3 Å². The number of nitrogens with zero attached hydrogens (tertiary/aromatic N) is 1. The summed E-state index contributed by atoms with van der Waals surface area (Å²) in [5.41, 5.74) is 6.17. The fraction of sp³-hybridized carbons (Fsp3) is 0.467. The van der Waals surface area contributed by atoms with Gasteiger partial charge in [-0.25, -0.2) is 4.79 Å². The van der Waals surface area contributed by atoms with Gasteiger partial charge < -0.3 is 20.1 Å². The molecule has 2 N–H and O–H groups in total. The second kappa shape index (κ2) is 6.97. The van der Waals surface area contributed by atoms with Gasteiger partial charge in [0, 0.05) is 18.8 Å². The van der Waals surface area contributed by atoms with Gasteiger partial charge in [-0.2, -0.15) is 0 Å². The van der Waals surface area contributed by atoms with E-state index in [0.717, 1.165) is 25.9 Å². The van der Waals surface area contributed by atoms with Crippen molar-refractivity contribution >= 4 is 17.6 Å². The van der Waals surface area contributed by atoms with E-state index < -0.39 is 12.1 Å². The van der Waals surface area contributed by atoms with Crippen LogP contribution in [0.1, 0.15) is 19.8 Å². The van der Waals surface area contributed by atoms with E-state index in [9.17, 15) is 9.59 Å². The zero-order chi connectivity index (χ0) is 15.2. The zero-order valence-corrected chi connectivity index (χ0v) is 12.1. The first-order valence-electron chi connectivity index (χ1n) is 7.03. The van der Waals surface area contributed by atoms with E-state index >= 15 is 0 Å². The summed E-state index contributed by atoms with van der Waals surface area (Å²) in [7, 11) is 0. The standard InChI is InChI=1S/C15H20N2O4/c1-11(15(19)17-8-2-3-9-17)21-14(18)10-20-13-6-4-12(16)5-7-13/h4-7,11H,2-3,8-10,16H2,1H3. The highest BCUT2D eigenvalue weighted by Crippen LogP contribution is 2.13. The highest BCUT2D eigenvalue weighted by atomic mass is 16.6. The summed E-state index contributed by atoms with van der Waals surface area (Å²) in [5, 5.41) is 0. The van der Waals surface area contributed by atoms with Gasteiger partial charge in [-0.15, -0.1) is 0 Å². The number of hydrogen-bond acceptors (Lipinski definition) is 5. The van der Waals surface area contributed by atoms with Gasteiger partial charge in [0.2, 0.25) is 0 Å². The molecule has 1 aliphatic heterocycles. The number of amides is 1. The fourth-order valence-electron chi connectivity index (χ4n) is 2.18. The lowest BCUT2D eigenvalue weighted by atomic mass is 10.3. The quantitative estimate of drug-likeness (QED) is 0.651. The fourth-order valence-corrected chi connectivity index (χ4v) is 2.18. The number of anilines is 1. The predicted octanol–water partition coefficient (Wildman–Crippen LogP) is 1.20. The molecule has 0 bridgehead atoms. The summed E-state index contributed by atoms with van der Waals surface area (Å²) in [4.78, 5) is 25.4. The molecule has 1 heterocycles. The topological polar surface area (TPSA) is 81.9 Å². The van der Waals surface area contributed by atoms with Gasteiger partial charge in [-0.1, -0.05) is 0 Å². The average molecular weight is 292 g/mol. The highest BCUT2D eigenvalue weighted by molar-refractivity contribution is 5.84. The SMILES string of the molecule is CC(OC(=O)COc1ccc(N)cc1)C(=O)N1CCCC1. The summed E-state index contributed by atoms with van der Waals surface area (Å²) in [5.74, 6) is -0.181. The Morgan fingerprint density at radius 2 is 1.86 bits per heavy atom. The van der Waals surface area contributed by atoms with E-state index in [0.29, 0.717) is 11.4 Å². The maximum atomic E-state index is 12.0.